The molecule has 1 atom stereocenters. The summed E-state index contributed by atoms with van der Waals surface area (Å²) in [5, 5.41) is 0. The Balaban J connectivity index is 1.35. The number of hydrogen-bond donors (Lipinski definition) is 0. The first-order valence-electron chi connectivity index (χ1n) is 10.4. The minimum Gasteiger partial charge on any atom is -0.476 e. The summed E-state index contributed by atoms with van der Waals surface area (Å²) >= 11 is 0. The summed E-state index contributed by atoms with van der Waals surface area (Å²) in [4.78, 5) is 17.2. The predicted molar refractivity (Wildman–Crippen MR) is 122 cm³/mol. The van der Waals surface area contributed by atoms with E-state index in [1.165, 1.54) is 9.87 Å². The number of amides is 1. The molecule has 1 saturated heterocycles. The van der Waals surface area contributed by atoms with Gasteiger partial charge in [0, 0.05) is 32.7 Å². The van der Waals surface area contributed by atoms with Crippen molar-refractivity contribution in [3.8, 4) is 5.75 Å². The van der Waals surface area contributed by atoms with Crippen LogP contribution in [0.15, 0.2) is 60.7 Å². The van der Waals surface area contributed by atoms with Crippen LogP contribution in [0.5, 0.6) is 5.75 Å². The molecule has 0 bridgehead atoms. The quantitative estimate of drug-likeness (QED) is 0.711. The van der Waals surface area contributed by atoms with E-state index < -0.39 is 16.1 Å². The van der Waals surface area contributed by atoms with Gasteiger partial charge in [0.15, 0.2) is 6.10 Å². The van der Waals surface area contributed by atoms with Crippen molar-refractivity contribution in [2.24, 2.45) is 0 Å². The number of carbonyl (C=O) groups is 1. The summed E-state index contributed by atoms with van der Waals surface area (Å²) in [7, 11) is -3.51. The van der Waals surface area contributed by atoms with Gasteiger partial charge in [0.25, 0.3) is 5.91 Å². The van der Waals surface area contributed by atoms with Crippen LogP contribution < -0.4 is 9.04 Å². The van der Waals surface area contributed by atoms with Crippen LogP contribution in [0.1, 0.15) is 5.56 Å². The van der Waals surface area contributed by atoms with E-state index in [-0.39, 0.29) is 12.5 Å². The van der Waals surface area contributed by atoms with Crippen LogP contribution in [0.2, 0.25) is 0 Å². The number of fused-ring (bicyclic) bond motifs is 1. The summed E-state index contributed by atoms with van der Waals surface area (Å²) in [5.41, 5.74) is 1.64. The molecule has 2 aromatic carbocycles. The second kappa shape index (κ2) is 9.11. The molecule has 0 N–H and O–H groups in total. The molecule has 164 valence electrons. The Morgan fingerprint density at radius 3 is 2.42 bits per heavy atom. The lowest BCUT2D eigenvalue weighted by Gasteiger charge is -2.39. The number of benzene rings is 2. The number of nitrogens with zero attached hydrogens (tertiary/aromatic N) is 3. The van der Waals surface area contributed by atoms with E-state index in [4.69, 9.17) is 4.74 Å². The third-order valence-electron chi connectivity index (χ3n) is 5.57. The largest absolute Gasteiger partial charge is 0.476 e. The van der Waals surface area contributed by atoms with E-state index in [9.17, 15) is 13.2 Å². The predicted octanol–water partition coefficient (Wildman–Crippen LogP) is 2.07. The van der Waals surface area contributed by atoms with Crippen molar-refractivity contribution >= 4 is 27.7 Å². The number of piperazine rings is 1. The minimum absolute atomic E-state index is 0.00525. The summed E-state index contributed by atoms with van der Waals surface area (Å²) in [6.45, 7) is 3.55. The highest BCUT2D eigenvalue weighted by Crippen LogP contribution is 2.35. The van der Waals surface area contributed by atoms with Crippen molar-refractivity contribution in [3.05, 3.63) is 66.2 Å². The first kappa shape index (κ1) is 21.4. The molecule has 2 aliphatic heterocycles. The van der Waals surface area contributed by atoms with E-state index in [1.807, 2.05) is 18.2 Å². The zero-order valence-electron chi connectivity index (χ0n) is 17.6. The highest BCUT2D eigenvalue weighted by Gasteiger charge is 2.37. The van der Waals surface area contributed by atoms with Crippen molar-refractivity contribution in [2.75, 3.05) is 49.8 Å². The van der Waals surface area contributed by atoms with Crippen LogP contribution in [-0.2, 0) is 14.8 Å². The second-order valence-corrected chi connectivity index (χ2v) is 9.71. The molecule has 0 unspecified atom stereocenters. The van der Waals surface area contributed by atoms with E-state index in [1.54, 1.807) is 29.2 Å². The molecule has 2 aromatic rings. The summed E-state index contributed by atoms with van der Waals surface area (Å²) < 4.78 is 31.7. The van der Waals surface area contributed by atoms with Gasteiger partial charge < -0.3 is 9.64 Å². The van der Waals surface area contributed by atoms with Gasteiger partial charge in [-0.2, -0.15) is 0 Å². The second-order valence-electron chi connectivity index (χ2n) is 7.81. The molecular weight excluding hydrogens is 414 g/mol. The molecule has 31 heavy (non-hydrogen) atoms. The molecule has 4 rings (SSSR count). The maximum Gasteiger partial charge on any atom is 0.265 e. The van der Waals surface area contributed by atoms with Crippen LogP contribution >= 0.6 is 0 Å². The molecule has 8 heteroatoms. The number of anilines is 1. The van der Waals surface area contributed by atoms with E-state index in [0.29, 0.717) is 24.5 Å². The Bertz CT molecular complexity index is 1050. The number of rotatable bonds is 5. The molecule has 0 radical (unpaired) electrons. The Labute approximate surface area is 183 Å². The number of para-hydroxylation sites is 2. The fourth-order valence-corrected chi connectivity index (χ4v) is 4.82. The van der Waals surface area contributed by atoms with Crippen molar-refractivity contribution in [3.63, 3.8) is 0 Å². The normalized spacial score (nSPS) is 19.8. The van der Waals surface area contributed by atoms with Crippen molar-refractivity contribution in [2.45, 2.75) is 6.10 Å². The zero-order valence-corrected chi connectivity index (χ0v) is 18.4. The Morgan fingerprint density at radius 2 is 1.71 bits per heavy atom. The van der Waals surface area contributed by atoms with Crippen molar-refractivity contribution < 1.29 is 17.9 Å². The molecule has 1 amide bonds. The topological polar surface area (TPSA) is 70.2 Å². The smallest absolute Gasteiger partial charge is 0.265 e. The Kier molecular flexibility index (Phi) is 6.29. The van der Waals surface area contributed by atoms with Gasteiger partial charge >= 0.3 is 0 Å². The third-order valence-corrected chi connectivity index (χ3v) is 6.71. The summed E-state index contributed by atoms with van der Waals surface area (Å²) in [6, 6.07) is 17.1. The molecule has 1 fully saturated rings. The van der Waals surface area contributed by atoms with E-state index >= 15 is 0 Å². The standard InChI is InChI=1S/C23H27N3O4S/c1-31(28,29)26-18-22(30-21-12-6-5-11-20(21)26)23(27)25-16-14-24(15-17-25)13-7-10-19-8-3-2-4-9-19/h2-12,22H,13-18H2,1H3/b10-7+/t22-/m0/s1. The molecule has 0 aromatic heterocycles. The minimum atomic E-state index is -3.51. The van der Waals surface area contributed by atoms with Gasteiger partial charge in [-0.1, -0.05) is 54.6 Å². The SMILES string of the molecule is CS(=O)(=O)N1C[C@@H](C(=O)N2CCN(C/C=C/c3ccccc3)CC2)Oc2ccccc21. The van der Waals surface area contributed by atoms with Crippen molar-refractivity contribution in [1.29, 1.82) is 0 Å². The Morgan fingerprint density at radius 1 is 1.03 bits per heavy atom. The summed E-state index contributed by atoms with van der Waals surface area (Å²) in [5.74, 6) is 0.254. The lowest BCUT2D eigenvalue weighted by Crippen LogP contribution is -2.56. The number of carbonyl (C=O) groups excluding carboxylic acids is 1. The Hall–Kier alpha value is -2.84. The van der Waals surface area contributed by atoms with Crippen LogP contribution in [0.3, 0.4) is 0 Å². The molecule has 2 heterocycles. The van der Waals surface area contributed by atoms with Crippen molar-refractivity contribution in [1.82, 2.24) is 9.80 Å². The van der Waals surface area contributed by atoms with Gasteiger partial charge in [0.1, 0.15) is 5.75 Å². The van der Waals surface area contributed by atoms with Gasteiger partial charge in [0.2, 0.25) is 10.0 Å². The first-order chi connectivity index (χ1) is 14.9. The average molecular weight is 442 g/mol. The number of ether oxygens (including phenoxy) is 1. The highest BCUT2D eigenvalue weighted by molar-refractivity contribution is 7.92. The molecule has 7 nitrogen and oxygen atoms in total. The lowest BCUT2D eigenvalue weighted by molar-refractivity contribution is -0.140. The fraction of sp³-hybridized carbons (Fsp3) is 0.348. The van der Waals surface area contributed by atoms with Crippen LogP contribution in [-0.4, -0.2) is 75.8 Å². The van der Waals surface area contributed by atoms with Crippen LogP contribution in [0, 0.1) is 0 Å². The maximum atomic E-state index is 13.1. The number of hydrogen-bond acceptors (Lipinski definition) is 5. The molecule has 0 aliphatic carbocycles. The monoisotopic (exact) mass is 441 g/mol. The molecule has 0 spiro atoms. The zero-order chi connectivity index (χ0) is 21.8. The molecular formula is C23H27N3O4S. The van der Waals surface area contributed by atoms with E-state index in [0.717, 1.165) is 25.9 Å². The molecule has 0 saturated carbocycles. The lowest BCUT2D eigenvalue weighted by atomic mass is 10.2. The summed E-state index contributed by atoms with van der Waals surface area (Å²) in [6.07, 6.45) is 4.55. The fourth-order valence-electron chi connectivity index (χ4n) is 3.90. The average Bonchev–Trinajstić information content (AvgIpc) is 2.78. The van der Waals surface area contributed by atoms with Gasteiger partial charge in [0.05, 0.1) is 18.5 Å². The number of sulfonamides is 1. The van der Waals surface area contributed by atoms with Gasteiger partial charge in [-0.15, -0.1) is 0 Å². The third kappa shape index (κ3) is 5.08. The maximum absolute atomic E-state index is 13.1. The molecule has 2 aliphatic rings. The van der Waals surface area contributed by atoms with E-state index in [2.05, 4.69) is 29.2 Å². The van der Waals surface area contributed by atoms with Crippen LogP contribution in [0.4, 0.5) is 5.69 Å². The van der Waals surface area contributed by atoms with Crippen LogP contribution in [0.25, 0.3) is 6.08 Å². The highest BCUT2D eigenvalue weighted by atomic mass is 32.2. The van der Waals surface area contributed by atoms with Gasteiger partial charge in [-0.05, 0) is 17.7 Å². The first-order valence-corrected chi connectivity index (χ1v) is 12.2. The van der Waals surface area contributed by atoms with Gasteiger partial charge in [-0.25, -0.2) is 8.42 Å². The van der Waals surface area contributed by atoms with Gasteiger partial charge in [-0.3, -0.25) is 14.0 Å².